The SMILES string of the molecule is CNCC1CCCN(C2CCC(C)C(C)C2)C1. The van der Waals surface area contributed by atoms with Gasteiger partial charge in [-0.25, -0.2) is 0 Å². The number of hydrogen-bond donors (Lipinski definition) is 1. The highest BCUT2D eigenvalue weighted by molar-refractivity contribution is 4.85. The van der Waals surface area contributed by atoms with Crippen LogP contribution in [0.15, 0.2) is 0 Å². The van der Waals surface area contributed by atoms with Crippen molar-refractivity contribution in [3.05, 3.63) is 0 Å². The van der Waals surface area contributed by atoms with Crippen LogP contribution in [0.2, 0.25) is 0 Å². The number of rotatable bonds is 3. The van der Waals surface area contributed by atoms with Crippen molar-refractivity contribution in [2.75, 3.05) is 26.7 Å². The van der Waals surface area contributed by atoms with Gasteiger partial charge in [0.05, 0.1) is 0 Å². The smallest absolute Gasteiger partial charge is 0.00981 e. The van der Waals surface area contributed by atoms with E-state index in [2.05, 4.69) is 31.1 Å². The van der Waals surface area contributed by atoms with Crippen LogP contribution >= 0.6 is 0 Å². The highest BCUT2D eigenvalue weighted by atomic mass is 15.2. The predicted octanol–water partition coefficient (Wildman–Crippen LogP) is 2.74. The van der Waals surface area contributed by atoms with Gasteiger partial charge in [0.25, 0.3) is 0 Å². The molecule has 2 rings (SSSR count). The normalized spacial score (nSPS) is 40.4. The summed E-state index contributed by atoms with van der Waals surface area (Å²) in [5.74, 6) is 2.77. The number of likely N-dealkylation sites (tertiary alicyclic amines) is 1. The molecular weight excluding hydrogens is 208 g/mol. The van der Waals surface area contributed by atoms with Crippen molar-refractivity contribution in [2.45, 2.75) is 52.0 Å². The van der Waals surface area contributed by atoms with Gasteiger partial charge in [0.15, 0.2) is 0 Å². The summed E-state index contributed by atoms with van der Waals surface area (Å²) < 4.78 is 0. The first-order chi connectivity index (χ1) is 8.20. The van der Waals surface area contributed by atoms with E-state index in [-0.39, 0.29) is 0 Å². The molecule has 0 bridgehead atoms. The first kappa shape index (κ1) is 13.4. The molecule has 17 heavy (non-hydrogen) atoms. The zero-order chi connectivity index (χ0) is 12.3. The number of nitrogens with one attached hydrogen (secondary N) is 1. The van der Waals surface area contributed by atoms with Gasteiger partial charge in [-0.05, 0) is 70.0 Å². The molecule has 2 heteroatoms. The zero-order valence-corrected chi connectivity index (χ0v) is 11.9. The molecule has 2 fully saturated rings. The van der Waals surface area contributed by atoms with Gasteiger partial charge in [-0.2, -0.15) is 0 Å². The monoisotopic (exact) mass is 238 g/mol. The van der Waals surface area contributed by atoms with E-state index in [0.29, 0.717) is 0 Å². The van der Waals surface area contributed by atoms with E-state index >= 15 is 0 Å². The minimum Gasteiger partial charge on any atom is -0.319 e. The lowest BCUT2D eigenvalue weighted by Crippen LogP contribution is -2.47. The number of piperidine rings is 1. The lowest BCUT2D eigenvalue weighted by atomic mass is 9.78. The third kappa shape index (κ3) is 3.45. The molecule has 0 radical (unpaired) electrons. The van der Waals surface area contributed by atoms with E-state index in [4.69, 9.17) is 0 Å². The Bertz CT molecular complexity index is 227. The Hall–Kier alpha value is -0.0800. The average molecular weight is 238 g/mol. The van der Waals surface area contributed by atoms with Crippen LogP contribution in [0.3, 0.4) is 0 Å². The Kier molecular flexibility index (Phi) is 4.87. The van der Waals surface area contributed by atoms with Gasteiger partial charge in [-0.1, -0.05) is 13.8 Å². The topological polar surface area (TPSA) is 15.3 Å². The van der Waals surface area contributed by atoms with Gasteiger partial charge >= 0.3 is 0 Å². The van der Waals surface area contributed by atoms with Gasteiger partial charge in [-0.15, -0.1) is 0 Å². The van der Waals surface area contributed by atoms with Crippen LogP contribution in [0.25, 0.3) is 0 Å². The molecule has 0 aromatic heterocycles. The van der Waals surface area contributed by atoms with Gasteiger partial charge in [-0.3, -0.25) is 0 Å². The van der Waals surface area contributed by atoms with E-state index in [0.717, 1.165) is 23.8 Å². The van der Waals surface area contributed by atoms with E-state index in [1.807, 2.05) is 0 Å². The van der Waals surface area contributed by atoms with Crippen molar-refractivity contribution < 1.29 is 0 Å². The maximum absolute atomic E-state index is 3.35. The van der Waals surface area contributed by atoms with Crippen molar-refractivity contribution in [3.8, 4) is 0 Å². The van der Waals surface area contributed by atoms with Crippen molar-refractivity contribution in [2.24, 2.45) is 17.8 Å². The molecule has 0 aromatic rings. The highest BCUT2D eigenvalue weighted by Crippen LogP contribution is 2.33. The van der Waals surface area contributed by atoms with Gasteiger partial charge in [0.2, 0.25) is 0 Å². The summed E-state index contributed by atoms with van der Waals surface area (Å²) in [4.78, 5) is 2.80. The van der Waals surface area contributed by atoms with Crippen molar-refractivity contribution in [1.82, 2.24) is 10.2 Å². The van der Waals surface area contributed by atoms with Crippen LogP contribution in [-0.2, 0) is 0 Å². The molecule has 1 aliphatic heterocycles. The molecule has 1 saturated heterocycles. The Morgan fingerprint density at radius 1 is 1.12 bits per heavy atom. The van der Waals surface area contributed by atoms with Gasteiger partial charge < -0.3 is 10.2 Å². The third-order valence-corrected chi connectivity index (χ3v) is 5.13. The second-order valence-electron chi connectivity index (χ2n) is 6.48. The summed E-state index contributed by atoms with van der Waals surface area (Å²) in [6, 6.07) is 0.890. The van der Waals surface area contributed by atoms with E-state index in [9.17, 15) is 0 Å². The summed E-state index contributed by atoms with van der Waals surface area (Å²) in [6.07, 6.45) is 7.16. The Morgan fingerprint density at radius 3 is 2.65 bits per heavy atom. The van der Waals surface area contributed by atoms with E-state index < -0.39 is 0 Å². The molecule has 1 N–H and O–H groups in total. The molecule has 2 aliphatic rings. The van der Waals surface area contributed by atoms with Gasteiger partial charge in [0.1, 0.15) is 0 Å². The maximum atomic E-state index is 3.35. The summed E-state index contributed by atoms with van der Waals surface area (Å²) >= 11 is 0. The summed E-state index contributed by atoms with van der Waals surface area (Å²) in [6.45, 7) is 8.78. The quantitative estimate of drug-likeness (QED) is 0.813. The molecular formula is C15H30N2. The maximum Gasteiger partial charge on any atom is 0.00981 e. The van der Waals surface area contributed by atoms with E-state index in [1.165, 1.54) is 51.7 Å². The molecule has 100 valence electrons. The standard InChI is InChI=1S/C15H30N2/c1-12-6-7-15(9-13(12)2)17-8-4-5-14(11-17)10-16-3/h12-16H,4-11H2,1-3H3. The first-order valence-corrected chi connectivity index (χ1v) is 7.59. The van der Waals surface area contributed by atoms with Crippen LogP contribution < -0.4 is 5.32 Å². The molecule has 4 unspecified atom stereocenters. The van der Waals surface area contributed by atoms with Crippen molar-refractivity contribution in [3.63, 3.8) is 0 Å². The Labute approximate surface area is 107 Å². The Morgan fingerprint density at radius 2 is 1.94 bits per heavy atom. The minimum atomic E-state index is 0.890. The van der Waals surface area contributed by atoms with Crippen molar-refractivity contribution >= 4 is 0 Å². The van der Waals surface area contributed by atoms with Crippen LogP contribution in [0.5, 0.6) is 0 Å². The van der Waals surface area contributed by atoms with Crippen molar-refractivity contribution in [1.29, 1.82) is 0 Å². The Balaban J connectivity index is 1.84. The molecule has 0 spiro atoms. The summed E-state index contributed by atoms with van der Waals surface area (Å²) in [5, 5.41) is 3.35. The fraction of sp³-hybridized carbons (Fsp3) is 1.00. The van der Waals surface area contributed by atoms with Gasteiger partial charge in [0, 0.05) is 12.6 Å². The predicted molar refractivity (Wildman–Crippen MR) is 74.2 cm³/mol. The second-order valence-corrected chi connectivity index (χ2v) is 6.48. The lowest BCUT2D eigenvalue weighted by molar-refractivity contribution is 0.0698. The second kappa shape index (κ2) is 6.19. The summed E-state index contributed by atoms with van der Waals surface area (Å²) in [5.41, 5.74) is 0. The first-order valence-electron chi connectivity index (χ1n) is 7.59. The van der Waals surface area contributed by atoms with Crippen LogP contribution in [0.4, 0.5) is 0 Å². The summed E-state index contributed by atoms with van der Waals surface area (Å²) in [7, 11) is 2.09. The molecule has 1 heterocycles. The highest BCUT2D eigenvalue weighted by Gasteiger charge is 2.31. The average Bonchev–Trinajstić information content (AvgIpc) is 2.33. The molecule has 0 aromatic carbocycles. The van der Waals surface area contributed by atoms with E-state index in [1.54, 1.807) is 0 Å². The minimum absolute atomic E-state index is 0.890. The lowest BCUT2D eigenvalue weighted by Gasteiger charge is -2.43. The zero-order valence-electron chi connectivity index (χ0n) is 11.9. The number of nitrogens with zero attached hydrogens (tertiary/aromatic N) is 1. The number of hydrogen-bond acceptors (Lipinski definition) is 2. The third-order valence-electron chi connectivity index (χ3n) is 5.13. The molecule has 2 nitrogen and oxygen atoms in total. The molecule has 1 saturated carbocycles. The van der Waals surface area contributed by atoms with Crippen LogP contribution in [0, 0.1) is 17.8 Å². The molecule has 1 aliphatic carbocycles. The van der Waals surface area contributed by atoms with Crippen LogP contribution in [0.1, 0.15) is 46.0 Å². The fourth-order valence-electron chi connectivity index (χ4n) is 3.73. The molecule has 0 amide bonds. The van der Waals surface area contributed by atoms with Crippen LogP contribution in [-0.4, -0.2) is 37.6 Å². The largest absolute Gasteiger partial charge is 0.319 e. The fourth-order valence-corrected chi connectivity index (χ4v) is 3.73. The molecule has 4 atom stereocenters.